The van der Waals surface area contributed by atoms with Crippen molar-refractivity contribution in [1.82, 2.24) is 20.8 Å². The summed E-state index contributed by atoms with van der Waals surface area (Å²) in [5, 5.41) is 7.18. The Morgan fingerprint density at radius 1 is 1.14 bits per heavy atom. The monoisotopic (exact) mass is 435 g/mol. The molecule has 1 fully saturated rings. The first-order chi connectivity index (χ1) is 13.6. The minimum absolute atomic E-state index is 0.270. The zero-order valence-electron chi connectivity index (χ0n) is 14.9. The van der Waals surface area contributed by atoms with Gasteiger partial charge in [-0.3, -0.25) is 20.4 Å². The molecule has 4 heterocycles. The van der Waals surface area contributed by atoms with Crippen molar-refractivity contribution in [2.75, 3.05) is 31.2 Å². The minimum atomic E-state index is -0.454. The number of carbonyl (C=O) groups excluding carboxylic acids is 2. The Bertz CT molecular complexity index is 976. The Hall–Kier alpha value is -2.34. The third-order valence-corrected chi connectivity index (χ3v) is 6.86. The van der Waals surface area contributed by atoms with Crippen LogP contribution in [0.15, 0.2) is 22.2 Å². The molecule has 2 N–H and O–H groups in total. The van der Waals surface area contributed by atoms with Gasteiger partial charge in [0.2, 0.25) is 0 Å². The lowest BCUT2D eigenvalue weighted by Crippen LogP contribution is -2.41. The summed E-state index contributed by atoms with van der Waals surface area (Å²) in [5.74, 6) is -0.849. The summed E-state index contributed by atoms with van der Waals surface area (Å²) < 4.78 is 5.32. The first-order valence-corrected chi connectivity index (χ1v) is 11.1. The Kier molecular flexibility index (Phi) is 5.67. The smallest absolute Gasteiger partial charge is 0.289 e. The number of nitrogens with one attached hydrogen (secondary N) is 2. The van der Waals surface area contributed by atoms with Crippen LogP contribution in [-0.4, -0.2) is 48.1 Å². The topological polar surface area (TPSA) is 96.5 Å². The summed E-state index contributed by atoms with van der Waals surface area (Å²) in [5.41, 5.74) is 6.76. The largest absolute Gasteiger partial charge is 0.378 e. The number of anilines is 1. The van der Waals surface area contributed by atoms with Crippen LogP contribution in [0.1, 0.15) is 25.9 Å². The highest BCUT2D eigenvalue weighted by atomic mass is 32.1. The number of nitrogens with zero attached hydrogens (tertiary/aromatic N) is 3. The van der Waals surface area contributed by atoms with Crippen LogP contribution in [0.25, 0.3) is 10.6 Å². The van der Waals surface area contributed by atoms with Gasteiger partial charge in [-0.15, -0.1) is 22.7 Å². The number of morpholine rings is 1. The van der Waals surface area contributed by atoms with Gasteiger partial charge in [-0.25, -0.2) is 9.97 Å². The van der Waals surface area contributed by atoms with Gasteiger partial charge in [-0.2, -0.15) is 11.3 Å². The van der Waals surface area contributed by atoms with Crippen LogP contribution >= 0.6 is 34.0 Å². The van der Waals surface area contributed by atoms with Crippen molar-refractivity contribution in [3.63, 3.8) is 0 Å². The Balaban J connectivity index is 1.37. The lowest BCUT2D eigenvalue weighted by molar-refractivity contribution is 0.0846. The van der Waals surface area contributed by atoms with Gasteiger partial charge in [0.25, 0.3) is 11.8 Å². The maximum Gasteiger partial charge on any atom is 0.289 e. The number of aryl methyl sites for hydroxylation is 1. The Morgan fingerprint density at radius 2 is 1.93 bits per heavy atom. The van der Waals surface area contributed by atoms with Gasteiger partial charge >= 0.3 is 0 Å². The zero-order valence-corrected chi connectivity index (χ0v) is 17.4. The predicted molar refractivity (Wildman–Crippen MR) is 110 cm³/mol. The summed E-state index contributed by atoms with van der Waals surface area (Å²) in [7, 11) is 0. The molecule has 4 rings (SSSR count). The third-order valence-electron chi connectivity index (χ3n) is 4.07. The summed E-state index contributed by atoms with van der Waals surface area (Å²) in [6, 6.07) is 1.96. The molecular formula is C17H17N5O3S3. The van der Waals surface area contributed by atoms with E-state index in [4.69, 9.17) is 4.74 Å². The fourth-order valence-electron chi connectivity index (χ4n) is 2.62. The van der Waals surface area contributed by atoms with Crippen LogP contribution in [0, 0.1) is 6.92 Å². The first kappa shape index (κ1) is 19.0. The van der Waals surface area contributed by atoms with Crippen LogP contribution in [0.4, 0.5) is 5.13 Å². The van der Waals surface area contributed by atoms with E-state index in [0.717, 1.165) is 28.8 Å². The molecule has 0 atom stereocenters. The second-order valence-electron chi connectivity index (χ2n) is 5.97. The van der Waals surface area contributed by atoms with Crippen molar-refractivity contribution in [1.29, 1.82) is 0 Å². The molecule has 1 saturated heterocycles. The molecular weight excluding hydrogens is 418 g/mol. The molecule has 0 spiro atoms. The molecule has 0 aliphatic carbocycles. The Morgan fingerprint density at radius 3 is 2.68 bits per heavy atom. The maximum atomic E-state index is 12.4. The number of thiophene rings is 1. The van der Waals surface area contributed by atoms with Crippen LogP contribution in [0.2, 0.25) is 0 Å². The van der Waals surface area contributed by atoms with E-state index in [1.807, 2.05) is 16.8 Å². The van der Waals surface area contributed by atoms with E-state index < -0.39 is 11.8 Å². The van der Waals surface area contributed by atoms with E-state index in [9.17, 15) is 9.59 Å². The molecule has 3 aromatic rings. The van der Waals surface area contributed by atoms with Gasteiger partial charge in [0.1, 0.15) is 15.6 Å². The van der Waals surface area contributed by atoms with Crippen molar-refractivity contribution in [2.45, 2.75) is 6.92 Å². The molecule has 28 heavy (non-hydrogen) atoms. The molecule has 0 aromatic carbocycles. The molecule has 0 bridgehead atoms. The fourth-order valence-corrected chi connectivity index (χ4v) is 5.15. The molecule has 0 radical (unpaired) electrons. The minimum Gasteiger partial charge on any atom is -0.378 e. The molecule has 1 aliphatic heterocycles. The number of rotatable bonds is 4. The fraction of sp³-hybridized carbons (Fsp3) is 0.294. The van der Waals surface area contributed by atoms with Crippen LogP contribution in [-0.2, 0) is 4.74 Å². The van der Waals surface area contributed by atoms with Gasteiger partial charge in [0.15, 0.2) is 5.13 Å². The first-order valence-electron chi connectivity index (χ1n) is 8.50. The molecule has 0 saturated carbocycles. The van der Waals surface area contributed by atoms with Gasteiger partial charge < -0.3 is 9.64 Å². The SMILES string of the molecule is Cc1nc(-c2ccsc2)sc1C(=O)NNC(=O)c1csc(N2CCOCC2)n1. The number of thiazole rings is 2. The van der Waals surface area contributed by atoms with Crippen molar-refractivity contribution >= 4 is 51.0 Å². The summed E-state index contributed by atoms with van der Waals surface area (Å²) in [6.07, 6.45) is 0. The van der Waals surface area contributed by atoms with E-state index in [2.05, 4.69) is 25.7 Å². The molecule has 11 heteroatoms. The normalized spacial score (nSPS) is 14.1. The van der Waals surface area contributed by atoms with Gasteiger partial charge in [-0.05, 0) is 18.4 Å². The zero-order chi connectivity index (χ0) is 19.5. The van der Waals surface area contributed by atoms with Crippen molar-refractivity contribution in [2.24, 2.45) is 0 Å². The highest BCUT2D eigenvalue weighted by Crippen LogP contribution is 2.29. The van der Waals surface area contributed by atoms with Gasteiger partial charge in [-0.1, -0.05) is 0 Å². The van der Waals surface area contributed by atoms with E-state index in [0.29, 0.717) is 23.8 Å². The number of aromatic nitrogens is 2. The summed E-state index contributed by atoms with van der Waals surface area (Å²) >= 11 is 4.27. The van der Waals surface area contributed by atoms with Crippen molar-refractivity contribution in [3.05, 3.63) is 38.5 Å². The molecule has 146 valence electrons. The lowest BCUT2D eigenvalue weighted by atomic mass is 10.3. The van der Waals surface area contributed by atoms with Gasteiger partial charge in [0.05, 0.1) is 18.9 Å². The van der Waals surface area contributed by atoms with Crippen LogP contribution in [0.3, 0.4) is 0 Å². The highest BCUT2D eigenvalue weighted by Gasteiger charge is 2.20. The number of hydrogen-bond donors (Lipinski definition) is 2. The molecule has 2 amide bonds. The quantitative estimate of drug-likeness (QED) is 0.612. The van der Waals surface area contributed by atoms with Crippen molar-refractivity contribution in [3.8, 4) is 10.6 Å². The number of ether oxygens (including phenoxy) is 1. The standard InChI is InChI=1S/C17H17N5O3S3/c1-10-13(28-16(18-10)11-2-7-26-8-11)15(24)21-20-14(23)12-9-27-17(19-12)22-3-5-25-6-4-22/h2,7-9H,3-6H2,1H3,(H,20,23)(H,21,24). The number of amides is 2. The van der Waals surface area contributed by atoms with Crippen LogP contribution < -0.4 is 15.8 Å². The van der Waals surface area contributed by atoms with E-state index in [1.54, 1.807) is 23.6 Å². The molecule has 8 nitrogen and oxygen atoms in total. The number of carbonyl (C=O) groups is 2. The lowest BCUT2D eigenvalue weighted by Gasteiger charge is -2.25. The molecule has 0 unspecified atom stereocenters. The van der Waals surface area contributed by atoms with E-state index in [1.165, 1.54) is 22.7 Å². The van der Waals surface area contributed by atoms with E-state index >= 15 is 0 Å². The predicted octanol–water partition coefficient (Wildman–Crippen LogP) is 2.55. The number of hydrogen-bond acceptors (Lipinski definition) is 9. The average Bonchev–Trinajstić information content (AvgIpc) is 3.46. The van der Waals surface area contributed by atoms with Crippen molar-refractivity contribution < 1.29 is 14.3 Å². The Labute approximate surface area is 173 Å². The highest BCUT2D eigenvalue weighted by molar-refractivity contribution is 7.17. The molecule has 1 aliphatic rings. The molecule has 3 aromatic heterocycles. The summed E-state index contributed by atoms with van der Waals surface area (Å²) in [6.45, 7) is 4.58. The second kappa shape index (κ2) is 8.35. The third kappa shape index (κ3) is 4.07. The number of hydrazine groups is 1. The maximum absolute atomic E-state index is 12.4. The van der Waals surface area contributed by atoms with Gasteiger partial charge in [0, 0.05) is 29.4 Å². The van der Waals surface area contributed by atoms with Crippen LogP contribution in [0.5, 0.6) is 0 Å². The van der Waals surface area contributed by atoms with E-state index in [-0.39, 0.29) is 5.69 Å². The average molecular weight is 436 g/mol. The second-order valence-corrected chi connectivity index (χ2v) is 8.58. The summed E-state index contributed by atoms with van der Waals surface area (Å²) in [4.78, 5) is 36.1.